The molecule has 0 aliphatic rings. The van der Waals surface area contributed by atoms with Crippen molar-refractivity contribution in [2.75, 3.05) is 18.9 Å². The van der Waals surface area contributed by atoms with Crippen molar-refractivity contribution in [1.82, 2.24) is 5.32 Å². The molecule has 19 heavy (non-hydrogen) atoms. The highest BCUT2D eigenvalue weighted by atomic mass is 32.2. The Bertz CT molecular complexity index is 373. The average Bonchev–Trinajstić information content (AvgIpc) is 2.36. The summed E-state index contributed by atoms with van der Waals surface area (Å²) in [6, 6.07) is 9.71. The van der Waals surface area contributed by atoms with E-state index in [2.05, 4.69) is 26.1 Å². The first-order valence-corrected chi connectivity index (χ1v) is 7.54. The van der Waals surface area contributed by atoms with Crippen LogP contribution in [0.15, 0.2) is 30.3 Å². The van der Waals surface area contributed by atoms with Gasteiger partial charge in [-0.1, -0.05) is 39.0 Å². The molecule has 1 aromatic rings. The second-order valence-corrected chi connectivity index (χ2v) is 7.07. The molecule has 0 aliphatic heterocycles. The number of carbonyl (C=O) groups is 1. The first-order chi connectivity index (χ1) is 8.97. The van der Waals surface area contributed by atoms with Crippen LogP contribution in [0, 0.1) is 0 Å². The normalized spacial score (nSPS) is 11.1. The van der Waals surface area contributed by atoms with E-state index in [-0.39, 0.29) is 10.7 Å². The van der Waals surface area contributed by atoms with Gasteiger partial charge in [-0.2, -0.15) is 0 Å². The Morgan fingerprint density at radius 1 is 1.26 bits per heavy atom. The maximum Gasteiger partial charge on any atom is 0.230 e. The third-order valence-corrected chi connectivity index (χ3v) is 3.56. The van der Waals surface area contributed by atoms with E-state index >= 15 is 0 Å². The average molecular weight is 281 g/mol. The summed E-state index contributed by atoms with van der Waals surface area (Å²) in [6.45, 7) is 7.61. The zero-order chi connectivity index (χ0) is 14.1. The highest BCUT2D eigenvalue weighted by Gasteiger charge is 2.12. The van der Waals surface area contributed by atoms with E-state index in [0.29, 0.717) is 18.9 Å². The fraction of sp³-hybridized carbons (Fsp3) is 0.533. The topological polar surface area (TPSA) is 38.3 Å². The Kier molecular flexibility index (Phi) is 6.78. The van der Waals surface area contributed by atoms with E-state index in [1.54, 1.807) is 11.8 Å². The fourth-order valence-corrected chi connectivity index (χ4v) is 2.01. The molecular formula is C15H23NO2S. The molecule has 0 radical (unpaired) electrons. The predicted octanol–water partition coefficient (Wildman–Crippen LogP) is 3.10. The number of hydrogen-bond acceptors (Lipinski definition) is 3. The second kappa shape index (κ2) is 8.10. The molecule has 0 heterocycles. The van der Waals surface area contributed by atoms with Gasteiger partial charge in [0, 0.05) is 11.3 Å². The summed E-state index contributed by atoms with van der Waals surface area (Å²) in [7, 11) is 0. The van der Waals surface area contributed by atoms with E-state index in [1.165, 1.54) is 0 Å². The maximum atomic E-state index is 11.6. The van der Waals surface area contributed by atoms with Crippen molar-refractivity contribution in [2.24, 2.45) is 0 Å². The smallest absolute Gasteiger partial charge is 0.230 e. The molecule has 0 aliphatic carbocycles. The molecule has 0 atom stereocenters. The standard InChI is InChI=1S/C15H23NO2S/c1-15(2,3)19-12-14(17)16-10-7-11-18-13-8-5-4-6-9-13/h4-6,8-9H,7,10-12H2,1-3H3,(H,16,17). The molecule has 0 aromatic heterocycles. The summed E-state index contributed by atoms with van der Waals surface area (Å²) >= 11 is 1.66. The van der Waals surface area contributed by atoms with E-state index < -0.39 is 0 Å². The number of para-hydroxylation sites is 1. The molecule has 0 saturated carbocycles. The third-order valence-electron chi connectivity index (χ3n) is 2.29. The van der Waals surface area contributed by atoms with E-state index in [0.717, 1.165) is 12.2 Å². The Morgan fingerprint density at radius 3 is 2.58 bits per heavy atom. The van der Waals surface area contributed by atoms with Crippen LogP contribution in [0.5, 0.6) is 5.75 Å². The van der Waals surface area contributed by atoms with E-state index in [4.69, 9.17) is 4.74 Å². The van der Waals surface area contributed by atoms with Crippen LogP contribution in [0.3, 0.4) is 0 Å². The molecule has 0 fully saturated rings. The van der Waals surface area contributed by atoms with Crippen molar-refractivity contribution < 1.29 is 9.53 Å². The molecule has 106 valence electrons. The summed E-state index contributed by atoms with van der Waals surface area (Å²) in [5, 5.41) is 2.90. The van der Waals surface area contributed by atoms with Gasteiger partial charge >= 0.3 is 0 Å². The van der Waals surface area contributed by atoms with Gasteiger partial charge in [-0.15, -0.1) is 11.8 Å². The summed E-state index contributed by atoms with van der Waals surface area (Å²) in [6.07, 6.45) is 0.820. The fourth-order valence-electron chi connectivity index (χ4n) is 1.34. The summed E-state index contributed by atoms with van der Waals surface area (Å²) in [5.41, 5.74) is 0. The SMILES string of the molecule is CC(C)(C)SCC(=O)NCCCOc1ccccc1. The minimum absolute atomic E-state index is 0.0969. The van der Waals surface area contributed by atoms with Crippen molar-refractivity contribution in [1.29, 1.82) is 0 Å². The van der Waals surface area contributed by atoms with Gasteiger partial charge in [0.05, 0.1) is 12.4 Å². The molecule has 0 spiro atoms. The first-order valence-electron chi connectivity index (χ1n) is 6.56. The van der Waals surface area contributed by atoms with Crippen LogP contribution >= 0.6 is 11.8 Å². The van der Waals surface area contributed by atoms with Crippen LogP contribution in [-0.2, 0) is 4.79 Å². The van der Waals surface area contributed by atoms with Crippen molar-refractivity contribution in [3.63, 3.8) is 0 Å². The van der Waals surface area contributed by atoms with Crippen LogP contribution in [0.4, 0.5) is 0 Å². The van der Waals surface area contributed by atoms with Gasteiger partial charge in [0.25, 0.3) is 0 Å². The number of benzene rings is 1. The molecule has 3 nitrogen and oxygen atoms in total. The number of thioether (sulfide) groups is 1. The van der Waals surface area contributed by atoms with Crippen LogP contribution in [-0.4, -0.2) is 29.6 Å². The molecular weight excluding hydrogens is 258 g/mol. The first kappa shape index (κ1) is 15.9. The molecule has 1 aromatic carbocycles. The zero-order valence-corrected chi connectivity index (χ0v) is 12.8. The number of amides is 1. The highest BCUT2D eigenvalue weighted by Crippen LogP contribution is 2.22. The van der Waals surface area contributed by atoms with Crippen molar-refractivity contribution in [2.45, 2.75) is 31.9 Å². The molecule has 0 saturated heterocycles. The number of hydrogen-bond donors (Lipinski definition) is 1. The Morgan fingerprint density at radius 2 is 1.95 bits per heavy atom. The largest absolute Gasteiger partial charge is 0.494 e. The van der Waals surface area contributed by atoms with Crippen LogP contribution < -0.4 is 10.1 Å². The Hall–Kier alpha value is -1.16. The number of ether oxygens (including phenoxy) is 1. The summed E-state index contributed by atoms with van der Waals surface area (Å²) in [5.74, 6) is 1.49. The molecule has 0 unspecified atom stereocenters. The number of carbonyl (C=O) groups excluding carboxylic acids is 1. The van der Waals surface area contributed by atoms with Gasteiger partial charge in [-0.25, -0.2) is 0 Å². The Labute approximate surface area is 120 Å². The summed E-state index contributed by atoms with van der Waals surface area (Å²) < 4.78 is 5.68. The van der Waals surface area contributed by atoms with Gasteiger partial charge in [0.2, 0.25) is 5.91 Å². The monoisotopic (exact) mass is 281 g/mol. The molecule has 1 amide bonds. The van der Waals surface area contributed by atoms with E-state index in [9.17, 15) is 4.79 Å². The maximum absolute atomic E-state index is 11.6. The number of nitrogens with one attached hydrogen (secondary N) is 1. The quantitative estimate of drug-likeness (QED) is 0.780. The Balaban J connectivity index is 2.03. The minimum atomic E-state index is 0.0969. The van der Waals surface area contributed by atoms with Crippen molar-refractivity contribution in [3.05, 3.63) is 30.3 Å². The molecule has 1 rings (SSSR count). The minimum Gasteiger partial charge on any atom is -0.494 e. The lowest BCUT2D eigenvalue weighted by atomic mass is 10.3. The predicted molar refractivity (Wildman–Crippen MR) is 81.8 cm³/mol. The van der Waals surface area contributed by atoms with Gasteiger partial charge in [0.15, 0.2) is 0 Å². The van der Waals surface area contributed by atoms with E-state index in [1.807, 2.05) is 30.3 Å². The van der Waals surface area contributed by atoms with Gasteiger partial charge in [-0.05, 0) is 18.6 Å². The molecule has 0 bridgehead atoms. The van der Waals surface area contributed by atoms with Crippen LogP contribution in [0.25, 0.3) is 0 Å². The van der Waals surface area contributed by atoms with Crippen LogP contribution in [0.1, 0.15) is 27.2 Å². The third kappa shape index (κ3) is 8.54. The zero-order valence-electron chi connectivity index (χ0n) is 11.9. The lowest BCUT2D eigenvalue weighted by Crippen LogP contribution is -2.28. The molecule has 4 heteroatoms. The van der Waals surface area contributed by atoms with Gasteiger partial charge in [-0.3, -0.25) is 4.79 Å². The van der Waals surface area contributed by atoms with Crippen molar-refractivity contribution >= 4 is 17.7 Å². The summed E-state index contributed by atoms with van der Waals surface area (Å²) in [4.78, 5) is 11.6. The second-order valence-electron chi connectivity index (χ2n) is 5.27. The van der Waals surface area contributed by atoms with Crippen LogP contribution in [0.2, 0.25) is 0 Å². The molecule has 1 N–H and O–H groups in total. The van der Waals surface area contributed by atoms with Crippen molar-refractivity contribution in [3.8, 4) is 5.75 Å². The van der Waals surface area contributed by atoms with Gasteiger partial charge < -0.3 is 10.1 Å². The van der Waals surface area contributed by atoms with Gasteiger partial charge in [0.1, 0.15) is 5.75 Å². The lowest BCUT2D eigenvalue weighted by molar-refractivity contribution is -0.118. The number of rotatable bonds is 7. The lowest BCUT2D eigenvalue weighted by Gasteiger charge is -2.16. The highest BCUT2D eigenvalue weighted by molar-refractivity contribution is 8.01.